The van der Waals surface area contributed by atoms with Gasteiger partial charge in [-0.05, 0) is 12.8 Å². The van der Waals surface area contributed by atoms with Crippen molar-refractivity contribution in [3.8, 4) is 0 Å². The highest BCUT2D eigenvalue weighted by atomic mass is 19.4. The minimum absolute atomic E-state index is 0.0405. The number of carbonyl (C=O) groups is 1. The topological polar surface area (TPSA) is 32.3 Å². The summed E-state index contributed by atoms with van der Waals surface area (Å²) in [6.45, 7) is 3.97. The van der Waals surface area contributed by atoms with Gasteiger partial charge in [0.25, 0.3) is 0 Å². The molecule has 15 heavy (non-hydrogen) atoms. The third kappa shape index (κ3) is 2.84. The van der Waals surface area contributed by atoms with Crippen molar-refractivity contribution in [2.75, 3.05) is 6.54 Å². The van der Waals surface area contributed by atoms with Crippen LogP contribution in [0.15, 0.2) is 0 Å². The van der Waals surface area contributed by atoms with Gasteiger partial charge in [0.15, 0.2) is 0 Å². The SMILES string of the molecule is CC1NC(C(C)C)N(CC(F)(F)F)C1=O. The molecule has 1 aliphatic rings. The Morgan fingerprint density at radius 3 is 2.40 bits per heavy atom. The maximum atomic E-state index is 12.2. The van der Waals surface area contributed by atoms with Crippen LogP contribution < -0.4 is 5.32 Å². The van der Waals surface area contributed by atoms with E-state index in [1.807, 2.05) is 0 Å². The Kier molecular flexibility index (Phi) is 3.28. The standard InChI is InChI=1S/C9H15F3N2O/c1-5(2)7-13-6(3)8(15)14(7)4-9(10,11)12/h5-7,13H,4H2,1-3H3. The highest BCUT2D eigenvalue weighted by Gasteiger charge is 2.43. The predicted octanol–water partition coefficient (Wildman–Crippen LogP) is 1.35. The number of hydrogen-bond acceptors (Lipinski definition) is 2. The molecule has 1 saturated heterocycles. The van der Waals surface area contributed by atoms with Crippen LogP contribution in [0.4, 0.5) is 13.2 Å². The largest absolute Gasteiger partial charge is 0.406 e. The van der Waals surface area contributed by atoms with Crippen molar-refractivity contribution in [1.82, 2.24) is 10.2 Å². The number of nitrogens with zero attached hydrogens (tertiary/aromatic N) is 1. The lowest BCUT2D eigenvalue weighted by molar-refractivity contribution is -0.162. The highest BCUT2D eigenvalue weighted by molar-refractivity contribution is 5.84. The summed E-state index contributed by atoms with van der Waals surface area (Å²) in [7, 11) is 0. The average Bonchev–Trinajstić information content (AvgIpc) is 2.30. The summed E-state index contributed by atoms with van der Waals surface area (Å²) in [6.07, 6.45) is -4.86. The van der Waals surface area contributed by atoms with Gasteiger partial charge in [-0.25, -0.2) is 0 Å². The smallest absolute Gasteiger partial charge is 0.316 e. The third-order valence-electron chi connectivity index (χ3n) is 2.39. The van der Waals surface area contributed by atoms with Crippen molar-refractivity contribution < 1.29 is 18.0 Å². The lowest BCUT2D eigenvalue weighted by Crippen LogP contribution is -2.45. The predicted molar refractivity (Wildman–Crippen MR) is 49.0 cm³/mol. The molecule has 1 rings (SSSR count). The molecule has 1 aliphatic heterocycles. The number of carbonyl (C=O) groups excluding carboxylic acids is 1. The molecule has 0 radical (unpaired) electrons. The van der Waals surface area contributed by atoms with Crippen LogP contribution in [0.2, 0.25) is 0 Å². The van der Waals surface area contributed by atoms with Crippen molar-refractivity contribution in [3.05, 3.63) is 0 Å². The zero-order chi connectivity index (χ0) is 11.8. The molecular formula is C9H15F3N2O. The van der Waals surface area contributed by atoms with Gasteiger partial charge in [-0.2, -0.15) is 13.2 Å². The van der Waals surface area contributed by atoms with Gasteiger partial charge < -0.3 is 4.90 Å². The van der Waals surface area contributed by atoms with E-state index in [4.69, 9.17) is 0 Å². The molecule has 3 nitrogen and oxygen atoms in total. The van der Waals surface area contributed by atoms with Gasteiger partial charge in [0.1, 0.15) is 6.54 Å². The van der Waals surface area contributed by atoms with Crippen LogP contribution in [0.5, 0.6) is 0 Å². The van der Waals surface area contributed by atoms with Crippen LogP contribution in [0.3, 0.4) is 0 Å². The van der Waals surface area contributed by atoms with Crippen molar-refractivity contribution in [2.24, 2.45) is 5.92 Å². The average molecular weight is 224 g/mol. The van der Waals surface area contributed by atoms with E-state index in [0.29, 0.717) is 0 Å². The van der Waals surface area contributed by atoms with Gasteiger partial charge in [-0.3, -0.25) is 10.1 Å². The van der Waals surface area contributed by atoms with E-state index in [1.54, 1.807) is 20.8 Å². The van der Waals surface area contributed by atoms with Crippen LogP contribution in [0.1, 0.15) is 20.8 Å². The quantitative estimate of drug-likeness (QED) is 0.768. The Labute approximate surface area is 86.6 Å². The first-order valence-corrected chi connectivity index (χ1v) is 4.85. The van der Waals surface area contributed by atoms with E-state index in [9.17, 15) is 18.0 Å². The molecule has 0 aromatic heterocycles. The molecule has 0 aromatic carbocycles. The van der Waals surface area contributed by atoms with E-state index in [2.05, 4.69) is 5.32 Å². The molecule has 0 aliphatic carbocycles. The van der Waals surface area contributed by atoms with E-state index in [1.165, 1.54) is 0 Å². The number of amides is 1. The molecule has 88 valence electrons. The monoisotopic (exact) mass is 224 g/mol. The molecule has 1 amide bonds. The van der Waals surface area contributed by atoms with E-state index >= 15 is 0 Å². The Bertz CT molecular complexity index is 252. The van der Waals surface area contributed by atoms with Crippen molar-refractivity contribution in [1.29, 1.82) is 0 Å². The Morgan fingerprint density at radius 2 is 2.00 bits per heavy atom. The summed E-state index contributed by atoms with van der Waals surface area (Å²) in [5.41, 5.74) is 0. The van der Waals surface area contributed by atoms with Crippen LogP contribution in [0, 0.1) is 5.92 Å². The molecule has 0 aromatic rings. The summed E-state index contributed by atoms with van der Waals surface area (Å²) in [6, 6.07) is -0.528. The van der Waals surface area contributed by atoms with E-state index in [-0.39, 0.29) is 5.92 Å². The lowest BCUT2D eigenvalue weighted by Gasteiger charge is -2.27. The number of alkyl halides is 3. The van der Waals surface area contributed by atoms with Crippen LogP contribution in [-0.4, -0.2) is 35.7 Å². The molecule has 2 unspecified atom stereocenters. The van der Waals surface area contributed by atoms with Gasteiger partial charge >= 0.3 is 6.18 Å². The maximum absolute atomic E-state index is 12.2. The Morgan fingerprint density at radius 1 is 1.47 bits per heavy atom. The molecule has 1 fully saturated rings. The Hall–Kier alpha value is -0.780. The van der Waals surface area contributed by atoms with Crippen LogP contribution in [0.25, 0.3) is 0 Å². The van der Waals surface area contributed by atoms with E-state index in [0.717, 1.165) is 4.90 Å². The second-order valence-corrected chi connectivity index (χ2v) is 4.16. The second kappa shape index (κ2) is 4.00. The number of rotatable bonds is 2. The van der Waals surface area contributed by atoms with Gasteiger partial charge in [0.05, 0.1) is 12.2 Å². The summed E-state index contributed by atoms with van der Waals surface area (Å²) < 4.78 is 36.7. The molecule has 2 atom stereocenters. The molecule has 1 heterocycles. The van der Waals surface area contributed by atoms with Gasteiger partial charge in [0.2, 0.25) is 5.91 Å². The third-order valence-corrected chi connectivity index (χ3v) is 2.39. The first kappa shape index (κ1) is 12.3. The normalized spacial score (nSPS) is 27.9. The minimum Gasteiger partial charge on any atom is -0.316 e. The molecule has 1 N–H and O–H groups in total. The fourth-order valence-electron chi connectivity index (χ4n) is 1.72. The Balaban J connectivity index is 2.78. The summed E-state index contributed by atoms with van der Waals surface area (Å²) >= 11 is 0. The van der Waals surface area contributed by atoms with Crippen LogP contribution >= 0.6 is 0 Å². The molecule has 0 bridgehead atoms. The van der Waals surface area contributed by atoms with Crippen molar-refractivity contribution in [3.63, 3.8) is 0 Å². The number of nitrogens with one attached hydrogen (secondary N) is 1. The second-order valence-electron chi connectivity index (χ2n) is 4.16. The summed E-state index contributed by atoms with van der Waals surface area (Å²) in [5.74, 6) is -0.521. The van der Waals surface area contributed by atoms with Gasteiger partial charge in [0, 0.05) is 0 Å². The molecular weight excluding hydrogens is 209 g/mol. The molecule has 0 spiro atoms. The molecule has 6 heteroatoms. The van der Waals surface area contributed by atoms with E-state index < -0.39 is 30.8 Å². The lowest BCUT2D eigenvalue weighted by atomic mass is 10.1. The first-order valence-electron chi connectivity index (χ1n) is 4.85. The minimum atomic E-state index is -4.34. The number of hydrogen-bond donors (Lipinski definition) is 1. The van der Waals surface area contributed by atoms with Crippen molar-refractivity contribution in [2.45, 2.75) is 39.2 Å². The van der Waals surface area contributed by atoms with Gasteiger partial charge in [-0.1, -0.05) is 13.8 Å². The summed E-state index contributed by atoms with van der Waals surface area (Å²) in [4.78, 5) is 12.3. The molecule has 0 saturated carbocycles. The van der Waals surface area contributed by atoms with Gasteiger partial charge in [-0.15, -0.1) is 0 Å². The fraction of sp³-hybridized carbons (Fsp3) is 0.889. The summed E-state index contributed by atoms with van der Waals surface area (Å²) in [5, 5.41) is 2.85. The maximum Gasteiger partial charge on any atom is 0.406 e. The van der Waals surface area contributed by atoms with Crippen LogP contribution in [-0.2, 0) is 4.79 Å². The first-order chi connectivity index (χ1) is 6.72. The zero-order valence-corrected chi connectivity index (χ0v) is 8.93. The number of halogens is 3. The highest BCUT2D eigenvalue weighted by Crippen LogP contribution is 2.23. The van der Waals surface area contributed by atoms with Crippen molar-refractivity contribution >= 4 is 5.91 Å². The fourth-order valence-corrected chi connectivity index (χ4v) is 1.72. The zero-order valence-electron chi connectivity index (χ0n) is 8.93.